The Labute approximate surface area is 199 Å². The number of pyridine rings is 1. The molecule has 1 atom stereocenters. The molecular formula is C27H25N3O3S. The molecule has 1 saturated heterocycles. The summed E-state index contributed by atoms with van der Waals surface area (Å²) in [6.07, 6.45) is 6.01. The maximum absolute atomic E-state index is 13.5. The number of carbonyl (C=O) groups excluding carboxylic acids is 1. The van der Waals surface area contributed by atoms with Crippen molar-refractivity contribution in [3.8, 4) is 0 Å². The number of sulfonamides is 1. The van der Waals surface area contributed by atoms with E-state index >= 15 is 0 Å². The van der Waals surface area contributed by atoms with Crippen LogP contribution in [-0.2, 0) is 10.0 Å². The Morgan fingerprint density at radius 2 is 1.71 bits per heavy atom. The summed E-state index contributed by atoms with van der Waals surface area (Å²) in [6, 6.07) is 23.3. The van der Waals surface area contributed by atoms with E-state index < -0.39 is 10.0 Å². The van der Waals surface area contributed by atoms with Gasteiger partial charge >= 0.3 is 0 Å². The molecule has 0 spiro atoms. The highest BCUT2D eigenvalue weighted by molar-refractivity contribution is 7.89. The minimum atomic E-state index is -3.69. The number of hydrogen-bond donors (Lipinski definition) is 1. The summed E-state index contributed by atoms with van der Waals surface area (Å²) >= 11 is 0. The van der Waals surface area contributed by atoms with Crippen molar-refractivity contribution < 1.29 is 13.2 Å². The monoisotopic (exact) mass is 471 g/mol. The Balaban J connectivity index is 1.34. The topological polar surface area (TPSA) is 79.4 Å². The molecule has 0 saturated carbocycles. The first kappa shape index (κ1) is 22.3. The molecule has 1 aromatic heterocycles. The van der Waals surface area contributed by atoms with Gasteiger partial charge in [-0.1, -0.05) is 42.8 Å². The third-order valence-electron chi connectivity index (χ3n) is 6.25. The maximum Gasteiger partial charge on any atom is 0.255 e. The molecule has 7 heteroatoms. The molecule has 1 fully saturated rings. The van der Waals surface area contributed by atoms with Gasteiger partial charge in [-0.25, -0.2) is 8.42 Å². The zero-order valence-corrected chi connectivity index (χ0v) is 19.4. The third kappa shape index (κ3) is 4.44. The number of nitrogens with zero attached hydrogens (tertiary/aromatic N) is 2. The fourth-order valence-corrected chi connectivity index (χ4v) is 6.16. The molecule has 1 aliphatic rings. The predicted octanol–water partition coefficient (Wildman–Crippen LogP) is 5.40. The van der Waals surface area contributed by atoms with Gasteiger partial charge in [0.1, 0.15) is 0 Å². The second-order valence-corrected chi connectivity index (χ2v) is 10.3. The third-order valence-corrected chi connectivity index (χ3v) is 8.18. The fourth-order valence-electron chi connectivity index (χ4n) is 4.48. The molecule has 1 aliphatic heterocycles. The van der Waals surface area contributed by atoms with Crippen LogP contribution in [0, 0.1) is 0 Å². The highest BCUT2D eigenvalue weighted by Crippen LogP contribution is 2.35. The molecule has 1 amide bonds. The number of aromatic nitrogens is 1. The Hall–Kier alpha value is -3.55. The summed E-state index contributed by atoms with van der Waals surface area (Å²) < 4.78 is 28.5. The Kier molecular flexibility index (Phi) is 6.13. The van der Waals surface area contributed by atoms with E-state index in [0.29, 0.717) is 17.8 Å². The van der Waals surface area contributed by atoms with Crippen molar-refractivity contribution in [3.05, 3.63) is 102 Å². The lowest BCUT2D eigenvalue weighted by atomic mass is 9.99. The Bertz CT molecular complexity index is 1420. The number of hydrogen-bond acceptors (Lipinski definition) is 4. The summed E-state index contributed by atoms with van der Waals surface area (Å²) in [5, 5.41) is 4.91. The van der Waals surface area contributed by atoms with Gasteiger partial charge in [-0.2, -0.15) is 4.31 Å². The van der Waals surface area contributed by atoms with E-state index in [1.54, 1.807) is 47.0 Å². The SMILES string of the molecule is O=C(Nc1ccc(S(=O)(=O)N2CCCC[C@H]2c2cccnc2)cc1)c1ccc2ccccc2c1. The van der Waals surface area contributed by atoms with Crippen LogP contribution in [-0.4, -0.2) is 30.2 Å². The van der Waals surface area contributed by atoms with Crippen LogP contribution in [0.3, 0.4) is 0 Å². The van der Waals surface area contributed by atoms with E-state index in [-0.39, 0.29) is 16.8 Å². The number of benzene rings is 3. The molecule has 34 heavy (non-hydrogen) atoms. The predicted molar refractivity (Wildman–Crippen MR) is 133 cm³/mol. The van der Waals surface area contributed by atoms with Gasteiger partial charge in [0, 0.05) is 30.2 Å². The molecule has 0 unspecified atom stereocenters. The number of piperidine rings is 1. The maximum atomic E-state index is 13.5. The molecule has 6 nitrogen and oxygen atoms in total. The van der Waals surface area contributed by atoms with Crippen LogP contribution in [0.1, 0.15) is 41.2 Å². The van der Waals surface area contributed by atoms with Crippen LogP contribution in [0.2, 0.25) is 0 Å². The van der Waals surface area contributed by atoms with Crippen molar-refractivity contribution in [2.75, 3.05) is 11.9 Å². The molecule has 0 bridgehead atoms. The van der Waals surface area contributed by atoms with E-state index in [0.717, 1.165) is 35.6 Å². The van der Waals surface area contributed by atoms with E-state index in [2.05, 4.69) is 10.3 Å². The highest BCUT2D eigenvalue weighted by Gasteiger charge is 2.34. The zero-order chi connectivity index (χ0) is 23.5. The average molecular weight is 472 g/mol. The molecule has 0 aliphatic carbocycles. The molecule has 1 N–H and O–H groups in total. The van der Waals surface area contributed by atoms with Gasteiger partial charge in [-0.3, -0.25) is 9.78 Å². The first-order valence-electron chi connectivity index (χ1n) is 11.3. The fraction of sp³-hybridized carbons (Fsp3) is 0.185. The first-order chi connectivity index (χ1) is 16.5. The lowest BCUT2D eigenvalue weighted by molar-refractivity contribution is 0.102. The van der Waals surface area contributed by atoms with E-state index in [4.69, 9.17) is 0 Å². The summed E-state index contributed by atoms with van der Waals surface area (Å²) in [5.74, 6) is -0.242. The standard InChI is InChI=1S/C27H25N3O3S/c31-27(22-11-10-20-6-1-2-7-21(20)18-22)29-24-12-14-25(15-13-24)34(32,33)30-17-4-3-9-26(30)23-8-5-16-28-19-23/h1-2,5-8,10-16,18-19,26H,3-4,9,17H2,(H,29,31)/t26-/m0/s1. The van der Waals surface area contributed by atoms with Gasteiger partial charge in [0.25, 0.3) is 5.91 Å². The Morgan fingerprint density at radius 3 is 2.47 bits per heavy atom. The van der Waals surface area contributed by atoms with E-state index in [1.165, 1.54) is 0 Å². The molecule has 2 heterocycles. The van der Waals surface area contributed by atoms with E-state index in [1.807, 2.05) is 48.5 Å². The van der Waals surface area contributed by atoms with Crippen molar-refractivity contribution >= 4 is 32.4 Å². The number of amides is 1. The average Bonchev–Trinajstić information content (AvgIpc) is 2.89. The molecule has 172 valence electrons. The first-order valence-corrected chi connectivity index (χ1v) is 12.8. The minimum absolute atomic E-state index is 0.215. The quantitative estimate of drug-likeness (QED) is 0.422. The number of carbonyl (C=O) groups is 1. The second-order valence-electron chi connectivity index (χ2n) is 8.45. The lowest BCUT2D eigenvalue weighted by Crippen LogP contribution is -2.38. The normalized spacial score (nSPS) is 16.9. The molecule has 5 rings (SSSR count). The van der Waals surface area contributed by atoms with Crippen molar-refractivity contribution in [1.82, 2.24) is 9.29 Å². The summed E-state index contributed by atoms with van der Waals surface area (Å²) in [6.45, 7) is 0.475. The van der Waals surface area contributed by atoms with Crippen LogP contribution in [0.5, 0.6) is 0 Å². The minimum Gasteiger partial charge on any atom is -0.322 e. The van der Waals surface area contributed by atoms with Crippen LogP contribution in [0.4, 0.5) is 5.69 Å². The Morgan fingerprint density at radius 1 is 0.912 bits per heavy atom. The molecule has 0 radical (unpaired) electrons. The molecule has 3 aromatic carbocycles. The van der Waals surface area contributed by atoms with Crippen molar-refractivity contribution in [3.63, 3.8) is 0 Å². The number of rotatable bonds is 5. The number of anilines is 1. The van der Waals surface area contributed by atoms with Gasteiger partial charge in [-0.05, 0) is 71.6 Å². The van der Waals surface area contributed by atoms with Crippen molar-refractivity contribution in [1.29, 1.82) is 0 Å². The van der Waals surface area contributed by atoms with Crippen LogP contribution < -0.4 is 5.32 Å². The highest BCUT2D eigenvalue weighted by atomic mass is 32.2. The molecular weight excluding hydrogens is 446 g/mol. The lowest BCUT2D eigenvalue weighted by Gasteiger charge is -2.34. The van der Waals surface area contributed by atoms with Crippen LogP contribution >= 0.6 is 0 Å². The van der Waals surface area contributed by atoms with Crippen molar-refractivity contribution in [2.24, 2.45) is 0 Å². The van der Waals surface area contributed by atoms with Crippen LogP contribution in [0.15, 0.2) is 96.2 Å². The van der Waals surface area contributed by atoms with Gasteiger partial charge < -0.3 is 5.32 Å². The van der Waals surface area contributed by atoms with E-state index in [9.17, 15) is 13.2 Å². The smallest absolute Gasteiger partial charge is 0.255 e. The largest absolute Gasteiger partial charge is 0.322 e. The second kappa shape index (κ2) is 9.37. The summed E-state index contributed by atoms with van der Waals surface area (Å²) in [4.78, 5) is 17.1. The number of nitrogens with one attached hydrogen (secondary N) is 1. The van der Waals surface area contributed by atoms with Crippen LogP contribution in [0.25, 0.3) is 10.8 Å². The zero-order valence-electron chi connectivity index (χ0n) is 18.6. The van der Waals surface area contributed by atoms with Gasteiger partial charge in [0.05, 0.1) is 10.9 Å². The molecule has 4 aromatic rings. The van der Waals surface area contributed by atoms with Gasteiger partial charge in [0.15, 0.2) is 0 Å². The summed E-state index contributed by atoms with van der Waals surface area (Å²) in [7, 11) is -3.69. The summed E-state index contributed by atoms with van der Waals surface area (Å²) in [5.41, 5.74) is 1.99. The van der Waals surface area contributed by atoms with Gasteiger partial charge in [0.2, 0.25) is 10.0 Å². The number of fused-ring (bicyclic) bond motifs is 1. The van der Waals surface area contributed by atoms with Crippen molar-refractivity contribution in [2.45, 2.75) is 30.2 Å². The van der Waals surface area contributed by atoms with Gasteiger partial charge in [-0.15, -0.1) is 0 Å².